The number of phenolic OH excluding ortho intramolecular Hbond substituents is 1. The van der Waals surface area contributed by atoms with Crippen LogP contribution in [0.5, 0.6) is 5.75 Å². The Balaban J connectivity index is 3.20. The van der Waals surface area contributed by atoms with Gasteiger partial charge in [0.1, 0.15) is 5.75 Å². The summed E-state index contributed by atoms with van der Waals surface area (Å²) in [5, 5.41) is 9.68. The molecule has 0 fully saturated rings. The Bertz CT molecular complexity index is 329. The number of alkyl halides is 1. The van der Waals surface area contributed by atoms with Crippen LogP contribution in [0.3, 0.4) is 0 Å². The highest BCUT2D eigenvalue weighted by atomic mass is 127. The van der Waals surface area contributed by atoms with Crippen molar-refractivity contribution in [1.82, 2.24) is 0 Å². The zero-order chi connectivity index (χ0) is 10.0. The van der Waals surface area contributed by atoms with Crippen LogP contribution < -0.4 is 0 Å². The van der Waals surface area contributed by atoms with Gasteiger partial charge in [-0.1, -0.05) is 15.9 Å². The first-order valence-electron chi connectivity index (χ1n) is 3.33. The van der Waals surface area contributed by atoms with Gasteiger partial charge in [-0.3, -0.25) is 4.79 Å². The number of hydrogen-bond acceptors (Lipinski definition) is 2. The van der Waals surface area contributed by atoms with Gasteiger partial charge >= 0.3 is 0 Å². The van der Waals surface area contributed by atoms with Crippen molar-refractivity contribution in [1.29, 1.82) is 0 Å². The molecule has 1 aromatic rings. The Morgan fingerprint density at radius 3 is 2.62 bits per heavy atom. The molecule has 0 aliphatic rings. The maximum atomic E-state index is 11.2. The lowest BCUT2D eigenvalue weighted by Gasteiger charge is -2.03. The van der Waals surface area contributed by atoms with E-state index in [1.54, 1.807) is 6.07 Å². The molecule has 0 aromatic heterocycles. The molecule has 13 heavy (non-hydrogen) atoms. The van der Waals surface area contributed by atoms with Crippen molar-refractivity contribution in [3.63, 3.8) is 0 Å². The van der Waals surface area contributed by atoms with Gasteiger partial charge in [-0.05, 0) is 50.7 Å². The third-order valence-electron chi connectivity index (χ3n) is 1.45. The van der Waals surface area contributed by atoms with E-state index in [1.165, 1.54) is 6.07 Å². The SMILES string of the molecule is O=C(CBr)c1cc(O)c(I)c(Br)c1. The van der Waals surface area contributed by atoms with Crippen LogP contribution in [-0.2, 0) is 0 Å². The minimum absolute atomic E-state index is 0.0487. The van der Waals surface area contributed by atoms with E-state index in [0.717, 1.165) is 4.47 Å². The number of carbonyl (C=O) groups is 1. The van der Waals surface area contributed by atoms with Crippen molar-refractivity contribution in [3.05, 3.63) is 25.7 Å². The molecule has 0 spiro atoms. The van der Waals surface area contributed by atoms with Gasteiger partial charge in [0.25, 0.3) is 0 Å². The van der Waals surface area contributed by atoms with Crippen LogP contribution in [0.1, 0.15) is 10.4 Å². The molecule has 0 heterocycles. The second-order valence-electron chi connectivity index (χ2n) is 2.35. The molecule has 0 aliphatic carbocycles. The molecule has 70 valence electrons. The lowest BCUT2D eigenvalue weighted by atomic mass is 10.1. The Morgan fingerprint density at radius 1 is 1.54 bits per heavy atom. The fourth-order valence-electron chi connectivity index (χ4n) is 0.813. The van der Waals surface area contributed by atoms with E-state index in [2.05, 4.69) is 31.9 Å². The predicted molar refractivity (Wildman–Crippen MR) is 66.6 cm³/mol. The third kappa shape index (κ3) is 2.66. The van der Waals surface area contributed by atoms with Crippen molar-refractivity contribution in [2.45, 2.75) is 0 Å². The molecule has 0 bridgehead atoms. The quantitative estimate of drug-likeness (QED) is 0.453. The van der Waals surface area contributed by atoms with Crippen LogP contribution in [0.15, 0.2) is 16.6 Å². The summed E-state index contributed by atoms with van der Waals surface area (Å²) < 4.78 is 1.45. The standard InChI is InChI=1S/C8H5Br2IO2/c9-3-7(13)4-1-5(10)8(11)6(12)2-4/h1-2,12H,3H2. The maximum Gasteiger partial charge on any atom is 0.173 e. The molecule has 1 rings (SSSR count). The fourth-order valence-corrected chi connectivity index (χ4v) is 1.90. The second kappa shape index (κ2) is 4.75. The molecular weight excluding hydrogens is 415 g/mol. The molecular formula is C8H5Br2IO2. The Morgan fingerprint density at radius 2 is 2.15 bits per heavy atom. The van der Waals surface area contributed by atoms with Gasteiger partial charge in [0, 0.05) is 10.0 Å². The zero-order valence-electron chi connectivity index (χ0n) is 6.35. The summed E-state index contributed by atoms with van der Waals surface area (Å²) >= 11 is 8.33. The minimum atomic E-state index is -0.0487. The summed E-state index contributed by atoms with van der Waals surface area (Å²) in [7, 11) is 0. The average molecular weight is 420 g/mol. The van der Waals surface area contributed by atoms with Gasteiger partial charge in [0.2, 0.25) is 0 Å². The smallest absolute Gasteiger partial charge is 0.173 e. The van der Waals surface area contributed by atoms with Crippen LogP contribution in [0.4, 0.5) is 0 Å². The van der Waals surface area contributed by atoms with Crippen LogP contribution in [0.25, 0.3) is 0 Å². The normalized spacial score (nSPS) is 10.1. The number of phenols is 1. The number of carbonyl (C=O) groups excluding carboxylic acids is 1. The first-order valence-corrected chi connectivity index (χ1v) is 6.32. The number of rotatable bonds is 2. The Hall–Kier alpha value is 0.380. The number of hydrogen-bond donors (Lipinski definition) is 1. The van der Waals surface area contributed by atoms with Crippen LogP contribution in [-0.4, -0.2) is 16.2 Å². The van der Waals surface area contributed by atoms with E-state index in [9.17, 15) is 9.90 Å². The molecule has 0 radical (unpaired) electrons. The molecule has 0 saturated heterocycles. The monoisotopic (exact) mass is 418 g/mol. The number of benzene rings is 1. The summed E-state index contributed by atoms with van der Waals surface area (Å²) in [6.07, 6.45) is 0. The van der Waals surface area contributed by atoms with Gasteiger partial charge in [-0.25, -0.2) is 0 Å². The molecule has 0 atom stereocenters. The number of Topliss-reactive ketones (excluding diaryl/α,β-unsaturated/α-hetero) is 1. The van der Waals surface area contributed by atoms with Crippen molar-refractivity contribution in [2.75, 3.05) is 5.33 Å². The first kappa shape index (κ1) is 11.5. The lowest BCUT2D eigenvalue weighted by molar-refractivity contribution is 0.102. The summed E-state index contributed by atoms with van der Waals surface area (Å²) in [5.74, 6) is 0.0756. The first-order chi connectivity index (χ1) is 6.06. The van der Waals surface area contributed by atoms with Gasteiger partial charge in [0.15, 0.2) is 5.78 Å². The Labute approximate surface area is 106 Å². The van der Waals surface area contributed by atoms with Gasteiger partial charge in [-0.15, -0.1) is 0 Å². The minimum Gasteiger partial charge on any atom is -0.507 e. The highest BCUT2D eigenvalue weighted by molar-refractivity contribution is 14.1. The topological polar surface area (TPSA) is 37.3 Å². The van der Waals surface area contributed by atoms with E-state index < -0.39 is 0 Å². The highest BCUT2D eigenvalue weighted by Crippen LogP contribution is 2.29. The summed E-state index contributed by atoms with van der Waals surface area (Å²) in [6, 6.07) is 3.17. The van der Waals surface area contributed by atoms with Crippen LogP contribution in [0.2, 0.25) is 0 Å². The van der Waals surface area contributed by atoms with Crippen molar-refractivity contribution in [3.8, 4) is 5.75 Å². The number of aromatic hydroxyl groups is 1. The molecule has 0 unspecified atom stereocenters. The van der Waals surface area contributed by atoms with Crippen LogP contribution >= 0.6 is 54.5 Å². The van der Waals surface area contributed by atoms with E-state index >= 15 is 0 Å². The largest absolute Gasteiger partial charge is 0.507 e. The summed E-state index contributed by atoms with van der Waals surface area (Å²) in [6.45, 7) is 0. The molecule has 0 aliphatic heterocycles. The molecule has 2 nitrogen and oxygen atoms in total. The Kier molecular flexibility index (Phi) is 4.18. The maximum absolute atomic E-state index is 11.2. The van der Waals surface area contributed by atoms with E-state index in [0.29, 0.717) is 9.13 Å². The highest BCUT2D eigenvalue weighted by Gasteiger charge is 2.10. The van der Waals surface area contributed by atoms with E-state index in [4.69, 9.17) is 0 Å². The molecule has 5 heteroatoms. The predicted octanol–water partition coefficient (Wildman–Crippen LogP) is 3.34. The van der Waals surface area contributed by atoms with Gasteiger partial charge in [-0.2, -0.15) is 0 Å². The van der Waals surface area contributed by atoms with Gasteiger partial charge < -0.3 is 5.11 Å². The average Bonchev–Trinajstić information content (AvgIpc) is 2.12. The molecule has 1 N–H and O–H groups in total. The molecule has 0 saturated carbocycles. The van der Waals surface area contributed by atoms with Gasteiger partial charge in [0.05, 0.1) is 8.90 Å². The summed E-state index contributed by atoms with van der Waals surface area (Å²) in [5.41, 5.74) is 0.502. The third-order valence-corrected chi connectivity index (χ3v) is 4.46. The zero-order valence-corrected chi connectivity index (χ0v) is 11.7. The van der Waals surface area contributed by atoms with E-state index in [-0.39, 0.29) is 16.9 Å². The van der Waals surface area contributed by atoms with Crippen LogP contribution in [0, 0.1) is 3.57 Å². The fraction of sp³-hybridized carbons (Fsp3) is 0.125. The van der Waals surface area contributed by atoms with Crippen molar-refractivity contribution in [2.24, 2.45) is 0 Å². The van der Waals surface area contributed by atoms with Crippen molar-refractivity contribution < 1.29 is 9.90 Å². The van der Waals surface area contributed by atoms with E-state index in [1.807, 2.05) is 22.6 Å². The number of ketones is 1. The summed E-state index contributed by atoms with van der Waals surface area (Å²) in [4.78, 5) is 11.2. The molecule has 0 amide bonds. The van der Waals surface area contributed by atoms with Crippen molar-refractivity contribution >= 4 is 60.2 Å². The second-order valence-corrected chi connectivity index (χ2v) is 4.84. The number of halogens is 3. The molecule has 1 aromatic carbocycles. The lowest BCUT2D eigenvalue weighted by Crippen LogP contribution is -2.00.